The molecule has 0 spiro atoms. The van der Waals surface area contributed by atoms with Gasteiger partial charge in [-0.15, -0.1) is 0 Å². The van der Waals surface area contributed by atoms with Gasteiger partial charge in [-0.3, -0.25) is 0 Å². The van der Waals surface area contributed by atoms with E-state index in [-0.39, 0.29) is 10.8 Å². The van der Waals surface area contributed by atoms with E-state index in [0.29, 0.717) is 17.1 Å². The van der Waals surface area contributed by atoms with Crippen molar-refractivity contribution in [3.63, 3.8) is 0 Å². The molecule has 0 heterocycles. The van der Waals surface area contributed by atoms with Crippen molar-refractivity contribution >= 4 is 40.7 Å². The standard InChI is InChI=1S/C21H19Cl2NO2S/c1-13(25)18-10-16(11-19(23)21(18)26)24-12-14-5-2-3-8-20(14)27-17-7-4-6-15(22)9-17/h2-11,13,24-26H,12H2,1H3. The summed E-state index contributed by atoms with van der Waals surface area (Å²) in [7, 11) is 0. The van der Waals surface area contributed by atoms with Crippen LogP contribution >= 0.6 is 35.0 Å². The molecular weight excluding hydrogens is 401 g/mol. The van der Waals surface area contributed by atoms with Crippen LogP contribution in [0.4, 0.5) is 5.69 Å². The molecule has 0 aliphatic carbocycles. The van der Waals surface area contributed by atoms with Crippen LogP contribution in [0, 0.1) is 0 Å². The number of benzene rings is 3. The predicted molar refractivity (Wildman–Crippen MR) is 113 cm³/mol. The average Bonchev–Trinajstić information content (AvgIpc) is 2.63. The molecule has 0 amide bonds. The summed E-state index contributed by atoms with van der Waals surface area (Å²) in [6.45, 7) is 2.16. The van der Waals surface area contributed by atoms with Crippen LogP contribution in [0.5, 0.6) is 5.75 Å². The van der Waals surface area contributed by atoms with E-state index < -0.39 is 6.10 Å². The molecule has 140 valence electrons. The van der Waals surface area contributed by atoms with Crippen LogP contribution in [0.2, 0.25) is 10.0 Å². The van der Waals surface area contributed by atoms with E-state index in [1.54, 1.807) is 30.8 Å². The van der Waals surface area contributed by atoms with Crippen LogP contribution in [0.1, 0.15) is 24.2 Å². The molecule has 3 nitrogen and oxygen atoms in total. The Kier molecular flexibility index (Phi) is 6.55. The minimum Gasteiger partial charge on any atom is -0.506 e. The highest BCUT2D eigenvalue weighted by Gasteiger charge is 2.13. The lowest BCUT2D eigenvalue weighted by Crippen LogP contribution is -2.02. The van der Waals surface area contributed by atoms with Crippen molar-refractivity contribution in [2.24, 2.45) is 0 Å². The highest BCUT2D eigenvalue weighted by atomic mass is 35.5. The topological polar surface area (TPSA) is 52.5 Å². The average molecular weight is 420 g/mol. The highest BCUT2D eigenvalue weighted by molar-refractivity contribution is 7.99. The molecule has 0 bridgehead atoms. The third kappa shape index (κ3) is 5.11. The molecule has 6 heteroatoms. The molecule has 0 aliphatic heterocycles. The van der Waals surface area contributed by atoms with Gasteiger partial charge < -0.3 is 15.5 Å². The van der Waals surface area contributed by atoms with Gasteiger partial charge >= 0.3 is 0 Å². The van der Waals surface area contributed by atoms with E-state index >= 15 is 0 Å². The first-order valence-electron chi connectivity index (χ1n) is 8.39. The second-order valence-corrected chi connectivity index (χ2v) is 8.05. The quantitative estimate of drug-likeness (QED) is 0.398. The van der Waals surface area contributed by atoms with Gasteiger partial charge in [-0.25, -0.2) is 0 Å². The highest BCUT2D eigenvalue weighted by Crippen LogP contribution is 2.36. The van der Waals surface area contributed by atoms with Crippen LogP contribution in [-0.2, 0) is 6.54 Å². The summed E-state index contributed by atoms with van der Waals surface area (Å²) < 4.78 is 0. The van der Waals surface area contributed by atoms with Crippen molar-refractivity contribution in [2.75, 3.05) is 5.32 Å². The van der Waals surface area contributed by atoms with E-state index in [1.807, 2.05) is 36.4 Å². The van der Waals surface area contributed by atoms with E-state index in [0.717, 1.165) is 21.0 Å². The minimum absolute atomic E-state index is 0.0888. The van der Waals surface area contributed by atoms with Crippen molar-refractivity contribution in [1.82, 2.24) is 0 Å². The lowest BCUT2D eigenvalue weighted by molar-refractivity contribution is 0.195. The van der Waals surface area contributed by atoms with Gasteiger partial charge in [0.25, 0.3) is 0 Å². The fraction of sp³-hybridized carbons (Fsp3) is 0.143. The number of anilines is 1. The number of halogens is 2. The van der Waals surface area contributed by atoms with Gasteiger partial charge in [0.05, 0.1) is 11.1 Å². The maximum atomic E-state index is 9.97. The zero-order valence-electron chi connectivity index (χ0n) is 14.6. The Labute approximate surface area is 173 Å². The summed E-state index contributed by atoms with van der Waals surface area (Å²) in [6, 6.07) is 19.2. The Morgan fingerprint density at radius 1 is 1.04 bits per heavy atom. The number of phenolic OH excluding ortho intramolecular Hbond substituents is 1. The van der Waals surface area contributed by atoms with E-state index in [9.17, 15) is 10.2 Å². The largest absolute Gasteiger partial charge is 0.506 e. The maximum Gasteiger partial charge on any atom is 0.140 e. The summed E-state index contributed by atoms with van der Waals surface area (Å²) in [5, 5.41) is 24.0. The normalized spacial score (nSPS) is 12.0. The van der Waals surface area contributed by atoms with Crippen LogP contribution in [0.15, 0.2) is 70.5 Å². The number of aliphatic hydroxyl groups excluding tert-OH is 1. The summed E-state index contributed by atoms with van der Waals surface area (Å²) in [5.41, 5.74) is 2.24. The smallest absolute Gasteiger partial charge is 0.140 e. The number of aromatic hydroxyl groups is 1. The number of phenols is 1. The van der Waals surface area contributed by atoms with Crippen LogP contribution in [-0.4, -0.2) is 10.2 Å². The second kappa shape index (κ2) is 8.89. The third-order valence-electron chi connectivity index (χ3n) is 4.02. The molecule has 0 aliphatic rings. The number of rotatable bonds is 6. The summed E-state index contributed by atoms with van der Waals surface area (Å²) >= 11 is 13.8. The van der Waals surface area contributed by atoms with Crippen LogP contribution in [0.25, 0.3) is 0 Å². The molecule has 3 rings (SSSR count). The van der Waals surface area contributed by atoms with Crippen LogP contribution in [0.3, 0.4) is 0 Å². The molecule has 0 aromatic heterocycles. The van der Waals surface area contributed by atoms with Gasteiger partial charge in [-0.1, -0.05) is 59.2 Å². The van der Waals surface area contributed by atoms with E-state index in [4.69, 9.17) is 23.2 Å². The Morgan fingerprint density at radius 2 is 1.81 bits per heavy atom. The first kappa shape index (κ1) is 19.9. The zero-order valence-corrected chi connectivity index (χ0v) is 16.9. The molecule has 3 N–H and O–H groups in total. The number of hydrogen-bond acceptors (Lipinski definition) is 4. The van der Waals surface area contributed by atoms with Crippen molar-refractivity contribution in [2.45, 2.75) is 29.4 Å². The number of aliphatic hydroxyl groups is 1. The Hall–Kier alpha value is -1.85. The van der Waals surface area contributed by atoms with Gasteiger partial charge in [0, 0.05) is 32.6 Å². The Morgan fingerprint density at radius 3 is 2.56 bits per heavy atom. The molecule has 27 heavy (non-hydrogen) atoms. The molecule has 3 aromatic rings. The fourth-order valence-corrected chi connectivity index (χ4v) is 4.13. The summed E-state index contributed by atoms with van der Waals surface area (Å²) in [6.07, 6.45) is -0.810. The SMILES string of the molecule is CC(O)c1cc(NCc2ccccc2Sc2cccc(Cl)c2)cc(Cl)c1O. The van der Waals surface area contributed by atoms with Gasteiger partial charge in [0.2, 0.25) is 0 Å². The first-order chi connectivity index (χ1) is 12.9. The van der Waals surface area contributed by atoms with Crippen molar-refractivity contribution in [1.29, 1.82) is 0 Å². The Balaban J connectivity index is 1.79. The molecule has 0 radical (unpaired) electrons. The fourth-order valence-electron chi connectivity index (χ4n) is 2.65. The molecule has 0 fully saturated rings. The molecule has 1 atom stereocenters. The van der Waals surface area contributed by atoms with Crippen molar-refractivity contribution in [3.8, 4) is 5.75 Å². The van der Waals surface area contributed by atoms with Crippen LogP contribution < -0.4 is 5.32 Å². The van der Waals surface area contributed by atoms with E-state index in [1.165, 1.54) is 0 Å². The lowest BCUT2D eigenvalue weighted by Gasteiger charge is -2.15. The summed E-state index contributed by atoms with van der Waals surface area (Å²) in [5.74, 6) is -0.0888. The predicted octanol–water partition coefficient (Wildman–Crippen LogP) is 6.52. The van der Waals surface area contributed by atoms with Gasteiger partial charge in [-0.2, -0.15) is 0 Å². The van der Waals surface area contributed by atoms with Gasteiger partial charge in [0.1, 0.15) is 5.75 Å². The number of nitrogens with one attached hydrogen (secondary N) is 1. The second-order valence-electron chi connectivity index (χ2n) is 6.09. The van der Waals surface area contributed by atoms with Crippen molar-refractivity contribution in [3.05, 3.63) is 81.8 Å². The van der Waals surface area contributed by atoms with Crippen molar-refractivity contribution < 1.29 is 10.2 Å². The molecular formula is C21H19Cl2NO2S. The summed E-state index contributed by atoms with van der Waals surface area (Å²) in [4.78, 5) is 2.19. The molecule has 0 saturated carbocycles. The molecule has 0 saturated heterocycles. The molecule has 3 aromatic carbocycles. The lowest BCUT2D eigenvalue weighted by atomic mass is 10.1. The zero-order chi connectivity index (χ0) is 19.4. The Bertz CT molecular complexity index is 947. The monoisotopic (exact) mass is 419 g/mol. The van der Waals surface area contributed by atoms with Gasteiger partial charge in [-0.05, 0) is 48.9 Å². The first-order valence-corrected chi connectivity index (χ1v) is 9.97. The van der Waals surface area contributed by atoms with E-state index in [2.05, 4.69) is 17.4 Å². The molecule has 1 unspecified atom stereocenters. The minimum atomic E-state index is -0.810. The van der Waals surface area contributed by atoms with Gasteiger partial charge in [0.15, 0.2) is 0 Å². The third-order valence-corrected chi connectivity index (χ3v) is 5.65. The number of hydrogen-bond donors (Lipinski definition) is 3. The maximum absolute atomic E-state index is 9.97.